The highest BCUT2D eigenvalue weighted by Crippen LogP contribution is 2.33. The summed E-state index contributed by atoms with van der Waals surface area (Å²) in [4.78, 5) is 11.4. The zero-order chi connectivity index (χ0) is 16.4. The van der Waals surface area contributed by atoms with Crippen LogP contribution in [0.3, 0.4) is 0 Å². The zero-order valence-electron chi connectivity index (χ0n) is 12.8. The standard InChI is InChI=1S/C16H20N2O3S/c1-12-5-4-8-16(10-12,11-17)18-22(20,21)15-7-3-6-14(9-15)13(2)19/h3,6-7,9,12,18H,4-5,8,10H2,1-2H3/t12-,16-/m0/s1. The van der Waals surface area contributed by atoms with Crippen molar-refractivity contribution in [2.24, 2.45) is 5.92 Å². The van der Waals surface area contributed by atoms with Crippen molar-refractivity contribution in [3.05, 3.63) is 29.8 Å². The van der Waals surface area contributed by atoms with Crippen molar-refractivity contribution >= 4 is 15.8 Å². The molecule has 1 fully saturated rings. The Morgan fingerprint density at radius 3 is 2.77 bits per heavy atom. The predicted molar refractivity (Wildman–Crippen MR) is 82.7 cm³/mol. The highest BCUT2D eigenvalue weighted by atomic mass is 32.2. The van der Waals surface area contributed by atoms with Crippen molar-refractivity contribution in [3.63, 3.8) is 0 Å². The number of rotatable bonds is 4. The SMILES string of the molecule is CC(=O)c1cccc(S(=O)(=O)N[C@@]2(C#N)CCC[C@H](C)C2)c1. The fourth-order valence-electron chi connectivity index (χ4n) is 2.97. The Kier molecular flexibility index (Phi) is 4.69. The van der Waals surface area contributed by atoms with E-state index in [1.54, 1.807) is 6.07 Å². The summed E-state index contributed by atoms with van der Waals surface area (Å²) in [5.41, 5.74) is -0.714. The highest BCUT2D eigenvalue weighted by molar-refractivity contribution is 7.89. The van der Waals surface area contributed by atoms with Crippen LogP contribution in [-0.4, -0.2) is 19.7 Å². The number of hydrogen-bond donors (Lipinski definition) is 1. The number of benzene rings is 1. The third-order valence-electron chi connectivity index (χ3n) is 4.09. The van der Waals surface area contributed by atoms with Gasteiger partial charge in [-0.3, -0.25) is 4.79 Å². The van der Waals surface area contributed by atoms with Crippen LogP contribution in [-0.2, 0) is 10.0 Å². The van der Waals surface area contributed by atoms with Gasteiger partial charge >= 0.3 is 0 Å². The third-order valence-corrected chi connectivity index (χ3v) is 5.63. The first-order valence-electron chi connectivity index (χ1n) is 7.34. The first-order chi connectivity index (χ1) is 10.3. The van der Waals surface area contributed by atoms with E-state index in [1.165, 1.54) is 25.1 Å². The molecule has 22 heavy (non-hydrogen) atoms. The molecule has 0 spiro atoms. The monoisotopic (exact) mass is 320 g/mol. The maximum atomic E-state index is 12.6. The quantitative estimate of drug-likeness (QED) is 0.864. The summed E-state index contributed by atoms with van der Waals surface area (Å²) in [5, 5.41) is 9.48. The van der Waals surface area contributed by atoms with E-state index in [1.807, 2.05) is 6.92 Å². The summed E-state index contributed by atoms with van der Waals surface area (Å²) in [7, 11) is -3.83. The Bertz CT molecular complexity index is 721. The van der Waals surface area contributed by atoms with E-state index in [2.05, 4.69) is 10.8 Å². The van der Waals surface area contributed by atoms with Crippen LogP contribution in [0.4, 0.5) is 0 Å². The van der Waals surface area contributed by atoms with E-state index in [-0.39, 0.29) is 10.7 Å². The molecule has 5 nitrogen and oxygen atoms in total. The van der Waals surface area contributed by atoms with Gasteiger partial charge in [0.05, 0.1) is 11.0 Å². The van der Waals surface area contributed by atoms with E-state index in [4.69, 9.17) is 0 Å². The minimum absolute atomic E-state index is 0.0213. The van der Waals surface area contributed by atoms with Gasteiger partial charge in [0.1, 0.15) is 5.54 Å². The molecule has 118 valence electrons. The Morgan fingerprint density at radius 2 is 2.18 bits per heavy atom. The minimum atomic E-state index is -3.83. The lowest BCUT2D eigenvalue weighted by Gasteiger charge is -2.34. The number of hydrogen-bond acceptors (Lipinski definition) is 4. The van der Waals surface area contributed by atoms with Crippen LogP contribution in [0, 0.1) is 17.2 Å². The number of nitrogens with one attached hydrogen (secondary N) is 1. The predicted octanol–water partition coefficient (Wildman–Crippen LogP) is 2.64. The number of carbonyl (C=O) groups excluding carboxylic acids is 1. The number of Topliss-reactive ketones (excluding diaryl/α,β-unsaturated/α-hetero) is 1. The molecule has 1 aliphatic rings. The summed E-state index contributed by atoms with van der Waals surface area (Å²) in [6.45, 7) is 3.41. The molecule has 0 bridgehead atoms. The summed E-state index contributed by atoms with van der Waals surface area (Å²) in [6, 6.07) is 8.05. The van der Waals surface area contributed by atoms with Crippen LogP contribution in [0.2, 0.25) is 0 Å². The van der Waals surface area contributed by atoms with Gasteiger partial charge in [-0.25, -0.2) is 8.42 Å². The topological polar surface area (TPSA) is 87.0 Å². The minimum Gasteiger partial charge on any atom is -0.295 e. The van der Waals surface area contributed by atoms with Crippen LogP contribution >= 0.6 is 0 Å². The zero-order valence-corrected chi connectivity index (χ0v) is 13.6. The van der Waals surface area contributed by atoms with E-state index in [9.17, 15) is 18.5 Å². The van der Waals surface area contributed by atoms with Gasteiger partial charge in [0.25, 0.3) is 0 Å². The van der Waals surface area contributed by atoms with Crippen LogP contribution in [0.1, 0.15) is 49.9 Å². The molecule has 0 aromatic heterocycles. The molecule has 0 amide bonds. The fraction of sp³-hybridized carbons (Fsp3) is 0.500. The molecule has 1 saturated carbocycles. The average Bonchev–Trinajstić information content (AvgIpc) is 2.47. The molecular weight excluding hydrogens is 300 g/mol. The van der Waals surface area contributed by atoms with Gasteiger partial charge in [0.15, 0.2) is 5.78 Å². The summed E-state index contributed by atoms with van der Waals surface area (Å²) in [6.07, 6.45) is 2.85. The highest BCUT2D eigenvalue weighted by Gasteiger charge is 2.39. The Labute approximate surface area is 131 Å². The lowest BCUT2D eigenvalue weighted by Crippen LogP contribution is -2.49. The molecule has 1 aromatic rings. The second kappa shape index (κ2) is 6.19. The Morgan fingerprint density at radius 1 is 1.45 bits per heavy atom. The summed E-state index contributed by atoms with van der Waals surface area (Å²) >= 11 is 0. The maximum absolute atomic E-state index is 12.6. The lowest BCUT2D eigenvalue weighted by molar-refractivity contribution is 0.101. The molecule has 1 N–H and O–H groups in total. The van der Waals surface area contributed by atoms with Crippen LogP contribution in [0.5, 0.6) is 0 Å². The number of carbonyl (C=O) groups is 1. The molecule has 2 rings (SSSR count). The maximum Gasteiger partial charge on any atom is 0.241 e. The first kappa shape index (κ1) is 16.7. The average molecular weight is 320 g/mol. The largest absolute Gasteiger partial charge is 0.295 e. The van der Waals surface area contributed by atoms with Gasteiger partial charge in [-0.2, -0.15) is 9.98 Å². The van der Waals surface area contributed by atoms with Crippen molar-refractivity contribution in [3.8, 4) is 6.07 Å². The first-order valence-corrected chi connectivity index (χ1v) is 8.82. The molecule has 2 atom stereocenters. The number of nitrogens with zero attached hydrogens (tertiary/aromatic N) is 1. The van der Waals surface area contributed by atoms with Gasteiger partial charge in [-0.1, -0.05) is 31.9 Å². The van der Waals surface area contributed by atoms with Crippen molar-refractivity contribution in [2.75, 3.05) is 0 Å². The van der Waals surface area contributed by atoms with Gasteiger partial charge in [0.2, 0.25) is 10.0 Å². The normalized spacial score (nSPS) is 25.4. The van der Waals surface area contributed by atoms with Gasteiger partial charge in [0, 0.05) is 5.56 Å². The number of ketones is 1. The van der Waals surface area contributed by atoms with Gasteiger partial charge in [-0.05, 0) is 37.8 Å². The van der Waals surface area contributed by atoms with Gasteiger partial charge in [-0.15, -0.1) is 0 Å². The number of sulfonamides is 1. The molecule has 0 saturated heterocycles. The van der Waals surface area contributed by atoms with E-state index in [0.29, 0.717) is 24.3 Å². The Hall–Kier alpha value is -1.71. The van der Waals surface area contributed by atoms with Crippen molar-refractivity contribution in [2.45, 2.75) is 50.0 Å². The van der Waals surface area contributed by atoms with E-state index in [0.717, 1.165) is 12.8 Å². The van der Waals surface area contributed by atoms with Crippen LogP contribution in [0.15, 0.2) is 29.2 Å². The molecule has 6 heteroatoms. The summed E-state index contributed by atoms with van der Waals surface area (Å²) < 4.78 is 27.7. The van der Waals surface area contributed by atoms with E-state index >= 15 is 0 Å². The second-order valence-corrected chi connectivity index (χ2v) is 7.77. The van der Waals surface area contributed by atoms with Crippen molar-refractivity contribution in [1.29, 1.82) is 5.26 Å². The van der Waals surface area contributed by atoms with E-state index < -0.39 is 15.6 Å². The van der Waals surface area contributed by atoms with Crippen molar-refractivity contribution in [1.82, 2.24) is 4.72 Å². The molecule has 1 aliphatic carbocycles. The molecule has 0 aliphatic heterocycles. The van der Waals surface area contributed by atoms with Gasteiger partial charge < -0.3 is 0 Å². The molecule has 0 radical (unpaired) electrons. The number of nitriles is 1. The van der Waals surface area contributed by atoms with Crippen molar-refractivity contribution < 1.29 is 13.2 Å². The molecule has 0 unspecified atom stereocenters. The lowest BCUT2D eigenvalue weighted by atomic mass is 9.78. The molecular formula is C16H20N2O3S. The second-order valence-electron chi connectivity index (χ2n) is 6.08. The Balaban J connectivity index is 2.33. The van der Waals surface area contributed by atoms with Crippen LogP contribution < -0.4 is 4.72 Å². The molecule has 0 heterocycles. The third kappa shape index (κ3) is 3.54. The summed E-state index contributed by atoms with van der Waals surface area (Å²) in [5.74, 6) is 0.109. The molecule has 1 aromatic carbocycles. The van der Waals surface area contributed by atoms with Crippen LogP contribution in [0.25, 0.3) is 0 Å². The smallest absolute Gasteiger partial charge is 0.241 e. The fourth-order valence-corrected chi connectivity index (χ4v) is 4.37.